The van der Waals surface area contributed by atoms with E-state index in [1.165, 1.54) is 4.90 Å². The van der Waals surface area contributed by atoms with Crippen molar-refractivity contribution >= 4 is 17.8 Å². The van der Waals surface area contributed by atoms with Gasteiger partial charge in [-0.1, -0.05) is 6.92 Å². The molecule has 4 amide bonds. The molecule has 0 unspecified atom stereocenters. The Labute approximate surface area is 152 Å². The molecule has 9 nitrogen and oxygen atoms in total. The van der Waals surface area contributed by atoms with Crippen molar-refractivity contribution in [1.82, 2.24) is 29.6 Å². The van der Waals surface area contributed by atoms with Crippen LogP contribution in [0.5, 0.6) is 0 Å². The molecule has 0 saturated carbocycles. The van der Waals surface area contributed by atoms with Gasteiger partial charge in [0.1, 0.15) is 11.9 Å². The fraction of sp³-hybridized carbons (Fsp3) is 0.647. The number of nitrogens with one attached hydrogen (secondary N) is 1. The third kappa shape index (κ3) is 3.87. The predicted octanol–water partition coefficient (Wildman–Crippen LogP) is -0.215. The number of amides is 4. The Hall–Kier alpha value is -2.42. The number of nitrogens with zero attached hydrogens (tertiary/aromatic N) is 5. The highest BCUT2D eigenvalue weighted by molar-refractivity contribution is 6.05. The lowest BCUT2D eigenvalue weighted by Crippen LogP contribution is -2.50. The van der Waals surface area contributed by atoms with Crippen LogP contribution in [-0.4, -0.2) is 80.9 Å². The van der Waals surface area contributed by atoms with Crippen molar-refractivity contribution in [2.24, 2.45) is 7.05 Å². The smallest absolute Gasteiger partial charge is 0.324 e. The lowest BCUT2D eigenvalue weighted by Gasteiger charge is -2.34. The van der Waals surface area contributed by atoms with Crippen LogP contribution >= 0.6 is 0 Å². The summed E-state index contributed by atoms with van der Waals surface area (Å²) in [4.78, 5) is 46.1. The zero-order valence-corrected chi connectivity index (χ0v) is 15.3. The van der Waals surface area contributed by atoms with E-state index in [4.69, 9.17) is 0 Å². The van der Waals surface area contributed by atoms with Gasteiger partial charge < -0.3 is 14.8 Å². The first kappa shape index (κ1) is 18.4. The van der Waals surface area contributed by atoms with Gasteiger partial charge in [-0.3, -0.25) is 19.4 Å². The highest BCUT2D eigenvalue weighted by atomic mass is 16.2. The van der Waals surface area contributed by atoms with Gasteiger partial charge in [0, 0.05) is 52.2 Å². The van der Waals surface area contributed by atoms with Crippen molar-refractivity contribution < 1.29 is 14.4 Å². The van der Waals surface area contributed by atoms with Crippen molar-refractivity contribution in [2.75, 3.05) is 32.7 Å². The number of rotatable bonds is 6. The van der Waals surface area contributed by atoms with E-state index in [1.807, 2.05) is 24.7 Å². The number of piperazine rings is 1. The van der Waals surface area contributed by atoms with Crippen LogP contribution in [0.1, 0.15) is 25.6 Å². The average molecular weight is 362 g/mol. The molecule has 0 radical (unpaired) electrons. The molecule has 2 saturated heterocycles. The van der Waals surface area contributed by atoms with Gasteiger partial charge in [-0.15, -0.1) is 0 Å². The van der Waals surface area contributed by atoms with Crippen molar-refractivity contribution in [3.63, 3.8) is 0 Å². The zero-order valence-electron chi connectivity index (χ0n) is 15.3. The molecule has 9 heteroatoms. The van der Waals surface area contributed by atoms with E-state index in [0.29, 0.717) is 26.1 Å². The van der Waals surface area contributed by atoms with Gasteiger partial charge in [-0.05, 0) is 6.42 Å². The molecule has 3 heterocycles. The van der Waals surface area contributed by atoms with Crippen LogP contribution in [0.15, 0.2) is 12.4 Å². The second-order valence-electron chi connectivity index (χ2n) is 6.81. The molecule has 2 aliphatic rings. The minimum Gasteiger partial charge on any atom is -0.340 e. The average Bonchev–Trinajstić information content (AvgIpc) is 3.14. The highest BCUT2D eigenvalue weighted by Gasteiger charge is 2.39. The molecule has 3 rings (SSSR count). The molecule has 0 bridgehead atoms. The number of imide groups is 1. The van der Waals surface area contributed by atoms with Crippen LogP contribution < -0.4 is 5.32 Å². The topological polar surface area (TPSA) is 90.8 Å². The summed E-state index contributed by atoms with van der Waals surface area (Å²) in [5.41, 5.74) is 0. The second-order valence-corrected chi connectivity index (χ2v) is 6.81. The van der Waals surface area contributed by atoms with Gasteiger partial charge >= 0.3 is 6.03 Å². The number of hydrogen-bond donors (Lipinski definition) is 1. The van der Waals surface area contributed by atoms with Crippen LogP contribution in [0.2, 0.25) is 0 Å². The summed E-state index contributed by atoms with van der Waals surface area (Å²) in [6, 6.07) is -1.12. The third-order valence-corrected chi connectivity index (χ3v) is 4.94. The maximum atomic E-state index is 12.5. The number of imidazole rings is 1. The molecule has 1 aromatic heterocycles. The zero-order chi connectivity index (χ0) is 18.7. The van der Waals surface area contributed by atoms with Gasteiger partial charge in [0.2, 0.25) is 5.91 Å². The number of carbonyl (C=O) groups is 3. The van der Waals surface area contributed by atoms with E-state index >= 15 is 0 Å². The number of hydrogen-bond acceptors (Lipinski definition) is 5. The summed E-state index contributed by atoms with van der Waals surface area (Å²) in [5.74, 6) is 0.623. The molecule has 0 aromatic carbocycles. The minimum absolute atomic E-state index is 0.0319. The van der Waals surface area contributed by atoms with E-state index in [2.05, 4.69) is 15.2 Å². The van der Waals surface area contributed by atoms with E-state index in [0.717, 1.165) is 25.5 Å². The Balaban J connectivity index is 1.47. The first-order valence-corrected chi connectivity index (χ1v) is 9.07. The molecular weight excluding hydrogens is 336 g/mol. The van der Waals surface area contributed by atoms with Crippen LogP contribution in [0.3, 0.4) is 0 Å². The Kier molecular flexibility index (Phi) is 5.55. The molecule has 1 atom stereocenters. The molecule has 26 heavy (non-hydrogen) atoms. The first-order chi connectivity index (χ1) is 12.5. The second kappa shape index (κ2) is 7.86. The van der Waals surface area contributed by atoms with Gasteiger partial charge in [0.25, 0.3) is 5.91 Å². The van der Waals surface area contributed by atoms with Crippen LogP contribution in [-0.2, 0) is 23.2 Å². The SMILES string of the molecule is CCCN1C(=O)N[C@H](CC(=O)N2CCN(Cc3nccn3C)CC2)C1=O. The lowest BCUT2D eigenvalue weighted by atomic mass is 10.1. The largest absolute Gasteiger partial charge is 0.340 e. The molecule has 1 aromatic rings. The van der Waals surface area contributed by atoms with Gasteiger partial charge in [0.05, 0.1) is 13.0 Å². The number of carbonyl (C=O) groups excluding carboxylic acids is 3. The molecule has 2 aliphatic heterocycles. The predicted molar refractivity (Wildman–Crippen MR) is 94.0 cm³/mol. The van der Waals surface area contributed by atoms with Crippen LogP contribution in [0, 0.1) is 0 Å². The monoisotopic (exact) mass is 362 g/mol. The summed E-state index contributed by atoms with van der Waals surface area (Å²) < 4.78 is 1.99. The van der Waals surface area contributed by atoms with Crippen molar-refractivity contribution in [2.45, 2.75) is 32.4 Å². The fourth-order valence-electron chi connectivity index (χ4n) is 3.36. The maximum Gasteiger partial charge on any atom is 0.324 e. The fourth-order valence-corrected chi connectivity index (χ4v) is 3.36. The number of urea groups is 1. The Bertz CT molecular complexity index is 680. The van der Waals surface area contributed by atoms with E-state index in [1.54, 1.807) is 11.1 Å². The van der Waals surface area contributed by atoms with E-state index < -0.39 is 12.1 Å². The van der Waals surface area contributed by atoms with Crippen molar-refractivity contribution in [3.8, 4) is 0 Å². The summed E-state index contributed by atoms with van der Waals surface area (Å²) in [6.45, 7) is 5.84. The van der Waals surface area contributed by atoms with Crippen molar-refractivity contribution in [3.05, 3.63) is 18.2 Å². The van der Waals surface area contributed by atoms with Gasteiger partial charge in [-0.25, -0.2) is 9.78 Å². The number of aromatic nitrogens is 2. The summed E-state index contributed by atoms with van der Waals surface area (Å²) in [5, 5.41) is 2.62. The molecule has 142 valence electrons. The van der Waals surface area contributed by atoms with Crippen molar-refractivity contribution in [1.29, 1.82) is 0 Å². The standard InChI is InChI=1S/C17H26N6O3/c1-3-5-23-16(25)13(19-17(23)26)11-15(24)22-9-7-21(8-10-22)12-14-18-4-6-20(14)2/h4,6,13H,3,5,7-12H2,1-2H3,(H,19,26)/t13-/m1/s1. The Morgan fingerprint density at radius 3 is 2.62 bits per heavy atom. The normalized spacial score (nSPS) is 21.4. The van der Waals surface area contributed by atoms with E-state index in [-0.39, 0.29) is 18.2 Å². The van der Waals surface area contributed by atoms with Gasteiger partial charge in [0.15, 0.2) is 0 Å². The quantitative estimate of drug-likeness (QED) is 0.707. The first-order valence-electron chi connectivity index (χ1n) is 9.07. The molecule has 1 N–H and O–H groups in total. The number of aryl methyl sites for hydroxylation is 1. The lowest BCUT2D eigenvalue weighted by molar-refractivity contribution is -0.137. The Morgan fingerprint density at radius 1 is 1.27 bits per heavy atom. The molecule has 0 aliphatic carbocycles. The highest BCUT2D eigenvalue weighted by Crippen LogP contribution is 2.13. The summed E-state index contributed by atoms with van der Waals surface area (Å²) in [6.07, 6.45) is 4.44. The van der Waals surface area contributed by atoms with Gasteiger partial charge in [-0.2, -0.15) is 0 Å². The summed E-state index contributed by atoms with van der Waals surface area (Å²) in [7, 11) is 1.97. The van der Waals surface area contributed by atoms with E-state index in [9.17, 15) is 14.4 Å². The van der Waals surface area contributed by atoms with Crippen LogP contribution in [0.4, 0.5) is 4.79 Å². The maximum absolute atomic E-state index is 12.5. The third-order valence-electron chi connectivity index (χ3n) is 4.94. The molecular formula is C17H26N6O3. The summed E-state index contributed by atoms with van der Waals surface area (Å²) >= 11 is 0. The minimum atomic E-state index is -0.729. The molecule has 2 fully saturated rings. The Morgan fingerprint density at radius 2 is 2.00 bits per heavy atom. The molecule has 0 spiro atoms. The van der Waals surface area contributed by atoms with Crippen LogP contribution in [0.25, 0.3) is 0 Å².